The van der Waals surface area contributed by atoms with Crippen LogP contribution in [0.15, 0.2) is 16.5 Å². The van der Waals surface area contributed by atoms with Crippen molar-refractivity contribution in [2.75, 3.05) is 6.61 Å². The van der Waals surface area contributed by atoms with Gasteiger partial charge in [-0.3, -0.25) is 0 Å². The highest BCUT2D eigenvalue weighted by atomic mass is 35.5. The molecule has 0 saturated carbocycles. The van der Waals surface area contributed by atoms with Crippen LogP contribution in [0.3, 0.4) is 0 Å². The molecule has 0 N–H and O–H groups in total. The van der Waals surface area contributed by atoms with Gasteiger partial charge in [0.15, 0.2) is 0 Å². The van der Waals surface area contributed by atoms with Crippen molar-refractivity contribution >= 4 is 17.6 Å². The maximum absolute atomic E-state index is 11.7. The van der Waals surface area contributed by atoms with Gasteiger partial charge >= 0.3 is 5.97 Å². The predicted octanol–water partition coefficient (Wildman–Crippen LogP) is 8.68. The average Bonchev–Trinajstić information content (AvgIpc) is 3.21. The summed E-state index contributed by atoms with van der Waals surface area (Å²) in [5, 5.41) is 0. The molecule has 0 amide bonds. The molecule has 0 radical (unpaired) electrons. The lowest BCUT2D eigenvalue weighted by molar-refractivity contribution is 0.0460. The molecule has 0 spiro atoms. The lowest BCUT2D eigenvalue weighted by Crippen LogP contribution is -2.05. The lowest BCUT2D eigenvalue weighted by Gasteiger charge is -2.04. The number of carbonyl (C=O) groups excluding carboxylic acids is 1. The highest BCUT2D eigenvalue weighted by molar-refractivity contribution is 6.16. The number of ether oxygens (including phenoxy) is 1. The van der Waals surface area contributed by atoms with Gasteiger partial charge in [-0.2, -0.15) is 0 Å². The summed E-state index contributed by atoms with van der Waals surface area (Å²) in [7, 11) is 0. The Balaban J connectivity index is 0.00000352. The van der Waals surface area contributed by atoms with Crippen LogP contribution in [0, 0.1) is 0 Å². The normalized spacial score (nSPS) is 10.4. The van der Waals surface area contributed by atoms with E-state index in [1.807, 2.05) is 13.8 Å². The summed E-state index contributed by atoms with van der Waals surface area (Å²) in [6.07, 6.45) is 18.5. The van der Waals surface area contributed by atoms with Crippen molar-refractivity contribution < 1.29 is 13.9 Å². The molecule has 0 aromatic carbocycles. The van der Waals surface area contributed by atoms with Gasteiger partial charge in [-0.25, -0.2) is 4.79 Å². The van der Waals surface area contributed by atoms with Gasteiger partial charge in [0.1, 0.15) is 5.76 Å². The Morgan fingerprint density at radius 2 is 1.29 bits per heavy atom. The van der Waals surface area contributed by atoms with E-state index in [2.05, 4.69) is 6.92 Å². The van der Waals surface area contributed by atoms with E-state index < -0.39 is 5.97 Å². The molecule has 0 bridgehead atoms. The van der Waals surface area contributed by atoms with Crippen LogP contribution in [0.2, 0.25) is 0 Å². The number of carbonyl (C=O) groups is 1. The minimum atomic E-state index is -0.393. The van der Waals surface area contributed by atoms with Crippen LogP contribution in [-0.2, 0) is 10.6 Å². The Bertz CT molecular complexity index is 456. The number of hydrogen-bond acceptors (Lipinski definition) is 3. The zero-order valence-electron chi connectivity index (χ0n) is 18.6. The number of alkyl halides is 1. The van der Waals surface area contributed by atoms with Gasteiger partial charge in [-0.05, 0) is 18.6 Å². The van der Waals surface area contributed by atoms with Gasteiger partial charge in [0.25, 0.3) is 0 Å². The molecule has 0 unspecified atom stereocenters. The Morgan fingerprint density at radius 3 is 1.71 bits per heavy atom. The van der Waals surface area contributed by atoms with E-state index in [0.717, 1.165) is 12.8 Å². The maximum atomic E-state index is 11.7. The van der Waals surface area contributed by atoms with Crippen molar-refractivity contribution in [2.45, 2.75) is 117 Å². The molecule has 0 saturated heterocycles. The number of hydrogen-bond donors (Lipinski definition) is 0. The molecule has 0 atom stereocenters. The minimum absolute atomic E-state index is 0.242. The second-order valence-corrected chi connectivity index (χ2v) is 7.40. The predicted molar refractivity (Wildman–Crippen MR) is 120 cm³/mol. The smallest absolute Gasteiger partial charge is 0.374 e. The van der Waals surface area contributed by atoms with Gasteiger partial charge in [0, 0.05) is 0 Å². The Hall–Kier alpha value is -0.960. The molecule has 164 valence electrons. The molecule has 0 aliphatic carbocycles. The van der Waals surface area contributed by atoms with E-state index in [9.17, 15) is 4.79 Å². The van der Waals surface area contributed by atoms with E-state index >= 15 is 0 Å². The number of unbranched alkanes of at least 4 members (excludes halogenated alkanes) is 13. The van der Waals surface area contributed by atoms with E-state index in [0.29, 0.717) is 12.4 Å². The van der Waals surface area contributed by atoms with Crippen LogP contribution in [-0.4, -0.2) is 12.6 Å². The topological polar surface area (TPSA) is 39.4 Å². The fraction of sp³-hybridized carbons (Fsp3) is 0.792. The Labute approximate surface area is 178 Å². The zero-order valence-corrected chi connectivity index (χ0v) is 19.3. The van der Waals surface area contributed by atoms with Crippen molar-refractivity contribution in [3.05, 3.63) is 23.7 Å². The van der Waals surface area contributed by atoms with E-state index in [-0.39, 0.29) is 11.6 Å². The summed E-state index contributed by atoms with van der Waals surface area (Å²) in [5.74, 6) is 0.712. The van der Waals surface area contributed by atoms with Crippen molar-refractivity contribution in [2.24, 2.45) is 0 Å². The first kappa shape index (κ1) is 27.0. The van der Waals surface area contributed by atoms with E-state index in [4.69, 9.17) is 20.8 Å². The molecule has 1 aromatic heterocycles. The van der Waals surface area contributed by atoms with Gasteiger partial charge in [-0.15, -0.1) is 11.6 Å². The molecule has 0 aliphatic rings. The van der Waals surface area contributed by atoms with Crippen LogP contribution in [0.4, 0.5) is 0 Å². The Morgan fingerprint density at radius 1 is 0.821 bits per heavy atom. The van der Waals surface area contributed by atoms with E-state index in [1.54, 1.807) is 12.1 Å². The summed E-state index contributed by atoms with van der Waals surface area (Å²) in [6, 6.07) is 3.32. The minimum Gasteiger partial charge on any atom is -0.460 e. The molecule has 1 heterocycles. The molecule has 3 nitrogen and oxygen atoms in total. The SMILES string of the molecule is CC.CCCCCCCCCCCCCCCCOC(=O)c1ccc(CCl)o1. The van der Waals surface area contributed by atoms with Crippen molar-refractivity contribution in [3.63, 3.8) is 0 Å². The first-order valence-electron chi connectivity index (χ1n) is 11.6. The first-order chi connectivity index (χ1) is 13.8. The molecule has 4 heteroatoms. The Kier molecular flexibility index (Phi) is 20.1. The van der Waals surface area contributed by atoms with Gasteiger partial charge in [0.2, 0.25) is 5.76 Å². The summed E-state index contributed by atoms with van der Waals surface area (Å²) in [5.41, 5.74) is 0. The van der Waals surface area contributed by atoms with Crippen LogP contribution in [0.5, 0.6) is 0 Å². The standard InChI is InChI=1S/C22H37ClO3.C2H6/c1-2-3-4-5-6-7-8-9-10-11-12-13-14-15-18-25-22(24)21-17-16-20(19-23)26-21;1-2/h16-17H,2-15,18-19H2,1H3;1-2H3. The second kappa shape index (κ2) is 20.8. The number of furan rings is 1. The van der Waals surface area contributed by atoms with Gasteiger partial charge < -0.3 is 9.15 Å². The lowest BCUT2D eigenvalue weighted by atomic mass is 10.0. The largest absolute Gasteiger partial charge is 0.460 e. The van der Waals surface area contributed by atoms with Crippen LogP contribution < -0.4 is 0 Å². The average molecular weight is 415 g/mol. The molecular formula is C24H43ClO3. The highest BCUT2D eigenvalue weighted by Crippen LogP contribution is 2.14. The van der Waals surface area contributed by atoms with Gasteiger partial charge in [-0.1, -0.05) is 104 Å². The quantitative estimate of drug-likeness (QED) is 0.145. The molecular weight excluding hydrogens is 372 g/mol. The summed E-state index contributed by atoms with van der Waals surface area (Å²) in [4.78, 5) is 11.7. The van der Waals surface area contributed by atoms with Crippen molar-refractivity contribution in [1.29, 1.82) is 0 Å². The third kappa shape index (κ3) is 15.0. The molecule has 0 fully saturated rings. The monoisotopic (exact) mass is 414 g/mol. The summed E-state index contributed by atoms with van der Waals surface area (Å²) < 4.78 is 10.5. The van der Waals surface area contributed by atoms with Crippen molar-refractivity contribution in [3.8, 4) is 0 Å². The third-order valence-corrected chi connectivity index (χ3v) is 4.99. The number of rotatable bonds is 17. The van der Waals surface area contributed by atoms with Crippen LogP contribution in [0.1, 0.15) is 127 Å². The fourth-order valence-electron chi connectivity index (χ4n) is 3.09. The van der Waals surface area contributed by atoms with Gasteiger partial charge in [0.05, 0.1) is 12.5 Å². The third-order valence-electron chi connectivity index (χ3n) is 4.73. The molecule has 1 aromatic rings. The molecule has 0 aliphatic heterocycles. The maximum Gasteiger partial charge on any atom is 0.374 e. The number of halogens is 1. The van der Waals surface area contributed by atoms with E-state index in [1.165, 1.54) is 77.0 Å². The highest BCUT2D eigenvalue weighted by Gasteiger charge is 2.11. The van der Waals surface area contributed by atoms with Crippen molar-refractivity contribution in [1.82, 2.24) is 0 Å². The van der Waals surface area contributed by atoms with Crippen LogP contribution >= 0.6 is 11.6 Å². The molecule has 28 heavy (non-hydrogen) atoms. The number of esters is 1. The first-order valence-corrected chi connectivity index (χ1v) is 12.1. The zero-order chi connectivity index (χ0) is 20.9. The summed E-state index contributed by atoms with van der Waals surface area (Å²) >= 11 is 5.64. The van der Waals surface area contributed by atoms with Crippen LogP contribution in [0.25, 0.3) is 0 Å². The fourth-order valence-corrected chi connectivity index (χ4v) is 3.24. The summed E-state index contributed by atoms with van der Waals surface area (Å²) in [6.45, 7) is 6.74. The second-order valence-electron chi connectivity index (χ2n) is 7.13. The molecule has 1 rings (SSSR count).